The van der Waals surface area contributed by atoms with Crippen LogP contribution in [0, 0.1) is 0 Å². The van der Waals surface area contributed by atoms with Crippen LogP contribution in [0.15, 0.2) is 60.0 Å². The Balaban J connectivity index is 1.67. The molecule has 138 valence electrons. The van der Waals surface area contributed by atoms with E-state index in [1.807, 2.05) is 23.6 Å². The van der Waals surface area contributed by atoms with Gasteiger partial charge in [0, 0.05) is 22.0 Å². The lowest BCUT2D eigenvalue weighted by Crippen LogP contribution is -2.10. The number of hydrogen-bond acceptors (Lipinski definition) is 3. The van der Waals surface area contributed by atoms with Crippen LogP contribution in [-0.2, 0) is 10.2 Å². The summed E-state index contributed by atoms with van der Waals surface area (Å²) >= 11 is 7.49. The van der Waals surface area contributed by atoms with E-state index in [0.717, 1.165) is 16.8 Å². The van der Waals surface area contributed by atoms with Gasteiger partial charge in [0.1, 0.15) is 0 Å². The summed E-state index contributed by atoms with van der Waals surface area (Å²) < 4.78 is 0. The monoisotopic (exact) mass is 396 g/mol. The number of nitrogens with one attached hydrogen (secondary N) is 1. The first kappa shape index (κ1) is 19.3. The molecule has 0 radical (unpaired) electrons. The molecule has 0 unspecified atom stereocenters. The van der Waals surface area contributed by atoms with Crippen LogP contribution in [0.3, 0.4) is 0 Å². The highest BCUT2D eigenvalue weighted by Crippen LogP contribution is 2.28. The molecule has 3 aromatic rings. The first-order valence-electron chi connectivity index (χ1n) is 8.63. The molecular weight excluding hydrogens is 376 g/mol. The maximum Gasteiger partial charge on any atom is 0.250 e. The van der Waals surface area contributed by atoms with E-state index in [9.17, 15) is 4.79 Å². The van der Waals surface area contributed by atoms with Gasteiger partial charge < -0.3 is 0 Å². The molecule has 1 N–H and O–H groups in total. The normalized spacial score (nSPS) is 11.7. The Morgan fingerprint density at radius 1 is 1.11 bits per heavy atom. The molecule has 2 aromatic carbocycles. The van der Waals surface area contributed by atoms with E-state index in [1.54, 1.807) is 12.1 Å². The number of nitrogens with zero attached hydrogens (tertiary/aromatic N) is 1. The number of thiazole rings is 1. The van der Waals surface area contributed by atoms with Crippen molar-refractivity contribution in [3.8, 4) is 11.3 Å². The van der Waals surface area contributed by atoms with Gasteiger partial charge in [0.2, 0.25) is 5.91 Å². The number of carbonyl (C=O) groups excluding carboxylic acids is 1. The maximum atomic E-state index is 12.1. The van der Waals surface area contributed by atoms with E-state index in [1.165, 1.54) is 23.0 Å². The van der Waals surface area contributed by atoms with Crippen LogP contribution in [-0.4, -0.2) is 10.9 Å². The number of benzene rings is 2. The third-order valence-corrected chi connectivity index (χ3v) is 5.20. The molecule has 1 aromatic heterocycles. The summed E-state index contributed by atoms with van der Waals surface area (Å²) in [5.41, 5.74) is 4.08. The minimum Gasteiger partial charge on any atom is -0.298 e. The number of rotatable bonds is 4. The van der Waals surface area contributed by atoms with Gasteiger partial charge in [-0.15, -0.1) is 11.3 Å². The van der Waals surface area contributed by atoms with Gasteiger partial charge in [-0.05, 0) is 28.7 Å². The molecule has 27 heavy (non-hydrogen) atoms. The van der Waals surface area contributed by atoms with Crippen LogP contribution in [0.1, 0.15) is 31.9 Å². The second-order valence-corrected chi connectivity index (χ2v) is 8.47. The smallest absolute Gasteiger partial charge is 0.250 e. The van der Waals surface area contributed by atoms with Crippen LogP contribution < -0.4 is 5.32 Å². The van der Waals surface area contributed by atoms with Gasteiger partial charge in [-0.1, -0.05) is 74.8 Å². The van der Waals surface area contributed by atoms with Gasteiger partial charge in [-0.3, -0.25) is 10.1 Å². The van der Waals surface area contributed by atoms with Gasteiger partial charge >= 0.3 is 0 Å². The van der Waals surface area contributed by atoms with Crippen molar-refractivity contribution < 1.29 is 4.79 Å². The zero-order chi connectivity index (χ0) is 19.4. The van der Waals surface area contributed by atoms with Crippen LogP contribution in [0.2, 0.25) is 5.02 Å². The summed E-state index contributed by atoms with van der Waals surface area (Å²) in [7, 11) is 0. The second-order valence-electron chi connectivity index (χ2n) is 7.21. The van der Waals surface area contributed by atoms with Crippen molar-refractivity contribution in [1.29, 1.82) is 0 Å². The Morgan fingerprint density at radius 2 is 1.81 bits per heavy atom. The Kier molecular flexibility index (Phi) is 5.78. The fourth-order valence-electron chi connectivity index (χ4n) is 2.53. The van der Waals surface area contributed by atoms with Crippen LogP contribution in [0.25, 0.3) is 17.3 Å². The van der Waals surface area contributed by atoms with Gasteiger partial charge in [0.25, 0.3) is 0 Å². The molecule has 0 aliphatic heterocycles. The third kappa shape index (κ3) is 5.06. The SMILES string of the molecule is CC(C)(C)c1ccc(-c2csc(NC(=O)C=Cc3ccccc3Cl)n2)cc1. The molecule has 0 spiro atoms. The minimum atomic E-state index is -0.237. The number of hydrogen-bond donors (Lipinski definition) is 1. The molecule has 1 amide bonds. The number of halogens is 1. The highest BCUT2D eigenvalue weighted by molar-refractivity contribution is 7.14. The third-order valence-electron chi connectivity index (χ3n) is 4.10. The lowest BCUT2D eigenvalue weighted by molar-refractivity contribution is -0.111. The molecule has 1 heterocycles. The lowest BCUT2D eigenvalue weighted by Gasteiger charge is -2.18. The van der Waals surface area contributed by atoms with Crippen molar-refractivity contribution in [3.63, 3.8) is 0 Å². The molecule has 0 fully saturated rings. The highest BCUT2D eigenvalue weighted by atomic mass is 35.5. The van der Waals surface area contributed by atoms with Crippen molar-refractivity contribution in [2.75, 3.05) is 5.32 Å². The summed E-state index contributed by atoms with van der Waals surface area (Å²) in [6.45, 7) is 6.57. The largest absolute Gasteiger partial charge is 0.298 e. The number of carbonyl (C=O) groups is 1. The standard InChI is InChI=1S/C22H21ClN2OS/c1-22(2,3)17-11-8-16(9-12-17)19-14-27-21(24-19)25-20(26)13-10-15-6-4-5-7-18(15)23/h4-14H,1-3H3,(H,24,25,26). The summed E-state index contributed by atoms with van der Waals surface area (Å²) in [6, 6.07) is 15.8. The predicted octanol–water partition coefficient (Wildman–Crippen LogP) is 6.41. The predicted molar refractivity (Wildman–Crippen MR) is 115 cm³/mol. The van der Waals surface area contributed by atoms with Crippen LogP contribution in [0.5, 0.6) is 0 Å². The minimum absolute atomic E-state index is 0.119. The first-order valence-corrected chi connectivity index (χ1v) is 9.89. The molecule has 0 saturated heterocycles. The molecule has 0 bridgehead atoms. The number of anilines is 1. The summed E-state index contributed by atoms with van der Waals surface area (Å²) in [5, 5.41) is 5.92. The number of amides is 1. The maximum absolute atomic E-state index is 12.1. The quantitative estimate of drug-likeness (QED) is 0.517. The number of aromatic nitrogens is 1. The van der Waals surface area contributed by atoms with Crippen molar-refractivity contribution in [2.24, 2.45) is 0 Å². The molecule has 3 rings (SSSR count). The van der Waals surface area contributed by atoms with E-state index in [4.69, 9.17) is 11.6 Å². The first-order chi connectivity index (χ1) is 12.8. The Bertz CT molecular complexity index is 968. The molecule has 5 heteroatoms. The average Bonchev–Trinajstić information content (AvgIpc) is 3.09. The zero-order valence-corrected chi connectivity index (χ0v) is 17.1. The highest BCUT2D eigenvalue weighted by Gasteiger charge is 2.14. The van der Waals surface area contributed by atoms with Gasteiger partial charge in [0.05, 0.1) is 5.69 Å². The summed E-state index contributed by atoms with van der Waals surface area (Å²) in [6.07, 6.45) is 3.15. The van der Waals surface area contributed by atoms with Crippen molar-refractivity contribution >= 4 is 40.1 Å². The fraction of sp³-hybridized carbons (Fsp3) is 0.182. The summed E-state index contributed by atoms with van der Waals surface area (Å²) in [5.74, 6) is -0.237. The topological polar surface area (TPSA) is 42.0 Å². The fourth-order valence-corrected chi connectivity index (χ4v) is 3.45. The van der Waals surface area contributed by atoms with Crippen molar-refractivity contribution in [1.82, 2.24) is 4.98 Å². The Morgan fingerprint density at radius 3 is 2.48 bits per heavy atom. The van der Waals surface area contributed by atoms with Crippen molar-refractivity contribution in [2.45, 2.75) is 26.2 Å². The summed E-state index contributed by atoms with van der Waals surface area (Å²) in [4.78, 5) is 16.6. The van der Waals surface area contributed by atoms with E-state index < -0.39 is 0 Å². The average molecular weight is 397 g/mol. The molecule has 0 aliphatic rings. The van der Waals surface area contributed by atoms with Crippen molar-refractivity contribution in [3.05, 3.63) is 76.1 Å². The molecular formula is C22H21ClN2OS. The zero-order valence-electron chi connectivity index (χ0n) is 15.5. The van der Waals surface area contributed by atoms with Gasteiger partial charge in [0.15, 0.2) is 5.13 Å². The Labute approximate surface area is 168 Å². The van der Waals surface area contributed by atoms with E-state index in [-0.39, 0.29) is 11.3 Å². The van der Waals surface area contributed by atoms with Gasteiger partial charge in [-0.2, -0.15) is 0 Å². The molecule has 0 atom stereocenters. The lowest BCUT2D eigenvalue weighted by atomic mass is 9.86. The van der Waals surface area contributed by atoms with Crippen LogP contribution >= 0.6 is 22.9 Å². The van der Waals surface area contributed by atoms with E-state index in [0.29, 0.717) is 10.2 Å². The molecule has 0 aliphatic carbocycles. The molecule has 0 saturated carbocycles. The second kappa shape index (κ2) is 8.07. The van der Waals surface area contributed by atoms with E-state index >= 15 is 0 Å². The molecule has 3 nitrogen and oxygen atoms in total. The van der Waals surface area contributed by atoms with Gasteiger partial charge in [-0.25, -0.2) is 4.98 Å². The Hall–Kier alpha value is -2.43. The van der Waals surface area contributed by atoms with Crippen LogP contribution in [0.4, 0.5) is 5.13 Å². The van der Waals surface area contributed by atoms with E-state index in [2.05, 4.69) is 55.3 Å².